The van der Waals surface area contributed by atoms with E-state index in [1.54, 1.807) is 0 Å². The highest BCUT2D eigenvalue weighted by molar-refractivity contribution is 7.25. The average molecular weight is 756 g/mol. The van der Waals surface area contributed by atoms with Crippen molar-refractivity contribution in [3.05, 3.63) is 224 Å². The third-order valence-electron chi connectivity index (χ3n) is 11.5. The summed E-state index contributed by atoms with van der Waals surface area (Å²) in [6.07, 6.45) is 0. The molecule has 1 heterocycles. The van der Waals surface area contributed by atoms with Gasteiger partial charge in [0.05, 0.1) is 5.69 Å². The lowest BCUT2D eigenvalue weighted by Gasteiger charge is -2.28. The van der Waals surface area contributed by atoms with Crippen molar-refractivity contribution in [3.63, 3.8) is 0 Å². The minimum atomic E-state index is 1.10. The number of rotatable bonds is 7. The first-order valence-electron chi connectivity index (χ1n) is 19.8. The van der Waals surface area contributed by atoms with Crippen LogP contribution in [0.5, 0.6) is 0 Å². The quantitative estimate of drug-likeness (QED) is 0.157. The summed E-state index contributed by atoms with van der Waals surface area (Å²) in [6.45, 7) is 0. The second-order valence-electron chi connectivity index (χ2n) is 14.9. The number of nitrogens with zero attached hydrogens (tertiary/aromatic N) is 1. The van der Waals surface area contributed by atoms with Crippen LogP contribution in [0.2, 0.25) is 0 Å². The van der Waals surface area contributed by atoms with E-state index in [0.717, 1.165) is 17.1 Å². The van der Waals surface area contributed by atoms with Crippen molar-refractivity contribution in [3.8, 4) is 44.5 Å². The van der Waals surface area contributed by atoms with Crippen LogP contribution in [0.3, 0.4) is 0 Å². The molecule has 58 heavy (non-hydrogen) atoms. The number of thiophene rings is 1. The molecular formula is C56H37NS. The van der Waals surface area contributed by atoms with Crippen LogP contribution >= 0.6 is 11.3 Å². The molecular weight excluding hydrogens is 719 g/mol. The van der Waals surface area contributed by atoms with Crippen LogP contribution in [0, 0.1) is 0 Å². The lowest BCUT2D eigenvalue weighted by molar-refractivity contribution is 1.28. The summed E-state index contributed by atoms with van der Waals surface area (Å²) in [4.78, 5) is 2.43. The predicted molar refractivity (Wildman–Crippen MR) is 251 cm³/mol. The van der Waals surface area contributed by atoms with Crippen LogP contribution in [0.4, 0.5) is 17.1 Å². The van der Waals surface area contributed by atoms with E-state index in [0.29, 0.717) is 0 Å². The summed E-state index contributed by atoms with van der Waals surface area (Å²) >= 11 is 1.86. The molecule has 0 atom stereocenters. The molecule has 0 saturated heterocycles. The lowest BCUT2D eigenvalue weighted by Crippen LogP contribution is -2.11. The Hall–Kier alpha value is -7.26. The number of hydrogen-bond acceptors (Lipinski definition) is 2. The Morgan fingerprint density at radius 2 is 0.793 bits per heavy atom. The molecule has 0 bridgehead atoms. The Balaban J connectivity index is 1.06. The molecule has 1 aromatic heterocycles. The number of fused-ring (bicyclic) bond motifs is 5. The van der Waals surface area contributed by atoms with Crippen molar-refractivity contribution >= 4 is 70.1 Å². The summed E-state index contributed by atoms with van der Waals surface area (Å²) in [7, 11) is 0. The zero-order valence-corrected chi connectivity index (χ0v) is 32.5. The maximum absolute atomic E-state index is 2.43. The number of anilines is 3. The second-order valence-corrected chi connectivity index (χ2v) is 16.0. The molecule has 0 saturated carbocycles. The zero-order valence-electron chi connectivity index (χ0n) is 31.7. The topological polar surface area (TPSA) is 3.24 Å². The third-order valence-corrected chi connectivity index (χ3v) is 12.6. The summed E-state index contributed by atoms with van der Waals surface area (Å²) in [5, 5.41) is 7.62. The summed E-state index contributed by atoms with van der Waals surface area (Å²) in [5.74, 6) is 0. The Kier molecular flexibility index (Phi) is 8.42. The summed E-state index contributed by atoms with van der Waals surface area (Å²) in [6, 6.07) is 82.0. The first-order valence-corrected chi connectivity index (χ1v) is 20.6. The molecule has 11 aromatic rings. The fourth-order valence-electron chi connectivity index (χ4n) is 8.67. The fraction of sp³-hybridized carbons (Fsp3) is 0. The molecule has 0 aliphatic carbocycles. The number of benzene rings is 10. The molecule has 0 fully saturated rings. The van der Waals surface area contributed by atoms with Gasteiger partial charge in [-0.25, -0.2) is 0 Å². The van der Waals surface area contributed by atoms with Crippen molar-refractivity contribution in [2.45, 2.75) is 0 Å². The maximum atomic E-state index is 2.43. The fourth-order valence-corrected chi connectivity index (χ4v) is 9.76. The van der Waals surface area contributed by atoms with Crippen LogP contribution in [0.1, 0.15) is 0 Å². The molecule has 272 valence electrons. The van der Waals surface area contributed by atoms with Crippen molar-refractivity contribution in [2.75, 3.05) is 4.90 Å². The van der Waals surface area contributed by atoms with Crippen molar-refractivity contribution in [1.29, 1.82) is 0 Å². The van der Waals surface area contributed by atoms with E-state index >= 15 is 0 Å². The van der Waals surface area contributed by atoms with E-state index in [-0.39, 0.29) is 0 Å². The molecule has 0 unspecified atom stereocenters. The van der Waals surface area contributed by atoms with E-state index in [2.05, 4.69) is 229 Å². The molecule has 0 N–H and O–H groups in total. The average Bonchev–Trinajstić information content (AvgIpc) is 3.67. The summed E-state index contributed by atoms with van der Waals surface area (Å²) in [5.41, 5.74) is 12.9. The molecule has 10 aromatic carbocycles. The highest BCUT2D eigenvalue weighted by Gasteiger charge is 2.19. The van der Waals surface area contributed by atoms with E-state index in [9.17, 15) is 0 Å². The highest BCUT2D eigenvalue weighted by atomic mass is 32.1. The maximum Gasteiger partial charge on any atom is 0.0540 e. The van der Waals surface area contributed by atoms with Gasteiger partial charge in [0.2, 0.25) is 0 Å². The van der Waals surface area contributed by atoms with Crippen molar-refractivity contribution in [1.82, 2.24) is 0 Å². The second kappa shape index (κ2) is 14.4. The number of hydrogen-bond donors (Lipinski definition) is 0. The third kappa shape index (κ3) is 6.03. The minimum absolute atomic E-state index is 1.10. The van der Waals surface area contributed by atoms with Crippen LogP contribution in [-0.2, 0) is 0 Å². The predicted octanol–water partition coefficient (Wildman–Crippen LogP) is 16.5. The van der Waals surface area contributed by atoms with Gasteiger partial charge in [0.25, 0.3) is 0 Å². The SMILES string of the molecule is c1cc(-c2cccc(N(c3ccc(-c4cccc5ccccc45)cc3)c3ccccc3-c3ccc4sc5ccccc5c4c3)c2)cc(-c2cccc3ccccc23)c1. The molecule has 0 radical (unpaired) electrons. The van der Waals surface area contributed by atoms with Gasteiger partial charge in [-0.15, -0.1) is 11.3 Å². The Morgan fingerprint density at radius 3 is 1.57 bits per heavy atom. The van der Waals surface area contributed by atoms with Crippen LogP contribution in [-0.4, -0.2) is 0 Å². The van der Waals surface area contributed by atoms with Gasteiger partial charge in [0.15, 0.2) is 0 Å². The van der Waals surface area contributed by atoms with Crippen LogP contribution in [0.15, 0.2) is 224 Å². The first-order chi connectivity index (χ1) is 28.7. The van der Waals surface area contributed by atoms with Gasteiger partial charge in [-0.2, -0.15) is 0 Å². The standard InChI is InChI=1S/C56H37NS/c1-3-21-47-38(13-1)15-11-25-49(47)40-29-32-45(33-30-40)57(54-27-7-5-23-51(54)44-31-34-56-53(37-44)52-24-6-8-28-55(52)58-56)46-20-10-18-42(36-46)41-17-9-19-43(35-41)50-26-12-16-39-14-2-4-22-48(39)50/h1-37H. The van der Waals surface area contributed by atoms with E-state index in [1.165, 1.54) is 86.2 Å². The molecule has 0 amide bonds. The Labute approximate surface area is 342 Å². The Bertz CT molecular complexity index is 3290. The molecule has 2 heteroatoms. The van der Waals surface area contributed by atoms with E-state index in [1.807, 2.05) is 11.3 Å². The van der Waals surface area contributed by atoms with Crippen LogP contribution < -0.4 is 4.90 Å². The van der Waals surface area contributed by atoms with Crippen molar-refractivity contribution < 1.29 is 0 Å². The molecule has 11 rings (SSSR count). The van der Waals surface area contributed by atoms with Gasteiger partial charge < -0.3 is 4.90 Å². The van der Waals surface area contributed by atoms with Gasteiger partial charge in [-0.05, 0) is 115 Å². The van der Waals surface area contributed by atoms with Gasteiger partial charge >= 0.3 is 0 Å². The largest absolute Gasteiger partial charge is 0.310 e. The van der Waals surface area contributed by atoms with Gasteiger partial charge in [0.1, 0.15) is 0 Å². The molecule has 0 aliphatic heterocycles. The smallest absolute Gasteiger partial charge is 0.0540 e. The first kappa shape index (κ1) is 34.0. The molecule has 0 aliphatic rings. The molecule has 1 nitrogen and oxygen atoms in total. The zero-order chi connectivity index (χ0) is 38.4. The Morgan fingerprint density at radius 1 is 0.276 bits per heavy atom. The number of para-hydroxylation sites is 1. The lowest BCUT2D eigenvalue weighted by atomic mass is 9.95. The van der Waals surface area contributed by atoms with Gasteiger partial charge in [-0.1, -0.05) is 170 Å². The highest BCUT2D eigenvalue weighted by Crippen LogP contribution is 2.44. The molecule has 0 spiro atoms. The minimum Gasteiger partial charge on any atom is -0.310 e. The van der Waals surface area contributed by atoms with Gasteiger partial charge in [0, 0.05) is 37.1 Å². The van der Waals surface area contributed by atoms with E-state index < -0.39 is 0 Å². The van der Waals surface area contributed by atoms with Gasteiger partial charge in [-0.3, -0.25) is 0 Å². The van der Waals surface area contributed by atoms with Crippen LogP contribution in [0.25, 0.3) is 86.2 Å². The monoisotopic (exact) mass is 755 g/mol. The van der Waals surface area contributed by atoms with Crippen molar-refractivity contribution in [2.24, 2.45) is 0 Å². The van der Waals surface area contributed by atoms with E-state index in [4.69, 9.17) is 0 Å². The normalized spacial score (nSPS) is 11.4. The summed E-state index contributed by atoms with van der Waals surface area (Å²) < 4.78 is 2.62.